The maximum absolute atomic E-state index is 13.2. The van der Waals surface area contributed by atoms with Crippen LogP contribution < -0.4 is 4.74 Å². The lowest BCUT2D eigenvalue weighted by molar-refractivity contribution is -0.130. The summed E-state index contributed by atoms with van der Waals surface area (Å²) in [5, 5.41) is 0. The maximum atomic E-state index is 13.2. The highest BCUT2D eigenvalue weighted by atomic mass is 32.2. The molecule has 1 saturated heterocycles. The first-order valence-corrected chi connectivity index (χ1v) is 10.2. The number of nitrogens with zero attached hydrogens (tertiary/aromatic N) is 2. The Morgan fingerprint density at radius 1 is 1.20 bits per heavy atom. The molecule has 0 saturated carbocycles. The van der Waals surface area contributed by atoms with Crippen molar-refractivity contribution >= 4 is 15.9 Å². The fraction of sp³-hybridized carbons (Fsp3) is 0.611. The van der Waals surface area contributed by atoms with Crippen LogP contribution in [0, 0.1) is 0 Å². The third kappa shape index (κ3) is 4.33. The molecule has 1 aliphatic heterocycles. The first-order valence-electron chi connectivity index (χ1n) is 8.77. The van der Waals surface area contributed by atoms with Gasteiger partial charge in [0.2, 0.25) is 15.9 Å². The topological polar surface area (TPSA) is 66.9 Å². The maximum Gasteiger partial charge on any atom is 0.246 e. The molecule has 2 rings (SSSR count). The molecule has 0 N–H and O–H groups in total. The molecule has 140 valence electrons. The van der Waals surface area contributed by atoms with Gasteiger partial charge in [-0.05, 0) is 30.0 Å². The minimum atomic E-state index is -3.67. The molecule has 0 bridgehead atoms. The molecule has 0 atom stereocenters. The molecule has 7 heteroatoms. The lowest BCUT2D eigenvalue weighted by Gasteiger charge is -2.23. The molecule has 1 aliphatic rings. The number of amides is 1. The van der Waals surface area contributed by atoms with Crippen molar-refractivity contribution in [1.29, 1.82) is 0 Å². The van der Waals surface area contributed by atoms with Gasteiger partial charge in [-0.15, -0.1) is 0 Å². The van der Waals surface area contributed by atoms with E-state index in [2.05, 4.69) is 0 Å². The second kappa shape index (κ2) is 8.19. The van der Waals surface area contributed by atoms with E-state index in [4.69, 9.17) is 4.74 Å². The van der Waals surface area contributed by atoms with Crippen molar-refractivity contribution in [2.75, 3.05) is 33.3 Å². The molecule has 0 unspecified atom stereocenters. The molecular weight excluding hydrogens is 340 g/mol. The van der Waals surface area contributed by atoms with Crippen LogP contribution in [0.15, 0.2) is 23.1 Å². The second-order valence-electron chi connectivity index (χ2n) is 6.56. The predicted octanol–water partition coefficient (Wildman–Crippen LogP) is 2.45. The van der Waals surface area contributed by atoms with Gasteiger partial charge < -0.3 is 9.64 Å². The van der Waals surface area contributed by atoms with Gasteiger partial charge in [0, 0.05) is 32.6 Å². The van der Waals surface area contributed by atoms with Crippen molar-refractivity contribution in [3.8, 4) is 5.75 Å². The number of rotatable bonds is 5. The highest BCUT2D eigenvalue weighted by molar-refractivity contribution is 7.89. The van der Waals surface area contributed by atoms with E-state index < -0.39 is 10.0 Å². The predicted molar refractivity (Wildman–Crippen MR) is 97.3 cm³/mol. The molecule has 1 heterocycles. The SMILES string of the molecule is CCC(=O)N1CCCN(S(=O)(=O)c2cc(C(C)C)ccc2OC)CC1. The molecular formula is C18H28N2O4S. The number of carbonyl (C=O) groups is 1. The van der Waals surface area contributed by atoms with E-state index in [1.165, 1.54) is 11.4 Å². The molecule has 1 fully saturated rings. The van der Waals surface area contributed by atoms with E-state index in [0.717, 1.165) is 5.56 Å². The van der Waals surface area contributed by atoms with Crippen molar-refractivity contribution in [3.05, 3.63) is 23.8 Å². The summed E-state index contributed by atoms with van der Waals surface area (Å²) in [6.07, 6.45) is 1.08. The summed E-state index contributed by atoms with van der Waals surface area (Å²) in [6.45, 7) is 7.62. The van der Waals surface area contributed by atoms with Crippen LogP contribution in [0.3, 0.4) is 0 Å². The highest BCUT2D eigenvalue weighted by Gasteiger charge is 2.30. The van der Waals surface area contributed by atoms with Crippen molar-refractivity contribution in [3.63, 3.8) is 0 Å². The number of ether oxygens (including phenoxy) is 1. The second-order valence-corrected chi connectivity index (χ2v) is 8.46. The largest absolute Gasteiger partial charge is 0.495 e. The quantitative estimate of drug-likeness (QED) is 0.801. The lowest BCUT2D eigenvalue weighted by Crippen LogP contribution is -2.37. The Labute approximate surface area is 150 Å². The van der Waals surface area contributed by atoms with Crippen LogP contribution in [-0.4, -0.2) is 56.8 Å². The van der Waals surface area contributed by atoms with Crippen molar-refractivity contribution in [2.24, 2.45) is 0 Å². The van der Waals surface area contributed by atoms with Gasteiger partial charge in [-0.25, -0.2) is 8.42 Å². The zero-order valence-electron chi connectivity index (χ0n) is 15.5. The van der Waals surface area contributed by atoms with Crippen LogP contribution in [0.1, 0.15) is 45.1 Å². The van der Waals surface area contributed by atoms with Crippen LogP contribution in [0.5, 0.6) is 5.75 Å². The normalized spacial score (nSPS) is 16.8. The Morgan fingerprint density at radius 2 is 1.92 bits per heavy atom. The van der Waals surface area contributed by atoms with Crippen LogP contribution in [-0.2, 0) is 14.8 Å². The summed E-state index contributed by atoms with van der Waals surface area (Å²) in [4.78, 5) is 13.9. The molecule has 25 heavy (non-hydrogen) atoms. The van der Waals surface area contributed by atoms with E-state index >= 15 is 0 Å². The Hall–Kier alpha value is -1.60. The number of methoxy groups -OCH3 is 1. The first kappa shape index (κ1) is 19.7. The summed E-state index contributed by atoms with van der Waals surface area (Å²) in [5.41, 5.74) is 0.956. The third-order valence-electron chi connectivity index (χ3n) is 4.58. The Kier molecular flexibility index (Phi) is 6.46. The van der Waals surface area contributed by atoms with E-state index in [1.807, 2.05) is 26.8 Å². The Morgan fingerprint density at radius 3 is 2.52 bits per heavy atom. The van der Waals surface area contributed by atoms with Gasteiger partial charge in [-0.3, -0.25) is 4.79 Å². The fourth-order valence-corrected chi connectivity index (χ4v) is 4.66. The summed E-state index contributed by atoms with van der Waals surface area (Å²) < 4.78 is 33.1. The van der Waals surface area contributed by atoms with E-state index in [-0.39, 0.29) is 16.7 Å². The number of sulfonamides is 1. The number of benzene rings is 1. The summed E-state index contributed by atoms with van der Waals surface area (Å²) in [6, 6.07) is 5.32. The molecule has 1 aromatic carbocycles. The van der Waals surface area contributed by atoms with Gasteiger partial charge in [-0.1, -0.05) is 26.8 Å². The molecule has 0 radical (unpaired) electrons. The van der Waals surface area contributed by atoms with Crippen LogP contribution in [0.25, 0.3) is 0 Å². The van der Waals surface area contributed by atoms with Gasteiger partial charge in [0.1, 0.15) is 10.6 Å². The lowest BCUT2D eigenvalue weighted by atomic mass is 10.0. The van der Waals surface area contributed by atoms with Crippen LogP contribution >= 0.6 is 0 Å². The van der Waals surface area contributed by atoms with E-state index in [0.29, 0.717) is 44.8 Å². The summed E-state index contributed by atoms with van der Waals surface area (Å²) >= 11 is 0. The Bertz CT molecular complexity index is 716. The molecule has 6 nitrogen and oxygen atoms in total. The number of hydrogen-bond donors (Lipinski definition) is 0. The van der Waals surface area contributed by atoms with Gasteiger partial charge in [0.25, 0.3) is 0 Å². The molecule has 1 amide bonds. The average molecular weight is 368 g/mol. The standard InChI is InChI=1S/C18H28N2O4S/c1-5-18(21)19-9-6-10-20(12-11-19)25(22,23)17-13-15(14(2)3)7-8-16(17)24-4/h7-8,13-14H,5-6,9-12H2,1-4H3. The van der Waals surface area contributed by atoms with Gasteiger partial charge in [0.05, 0.1) is 7.11 Å². The van der Waals surface area contributed by atoms with Gasteiger partial charge >= 0.3 is 0 Å². The van der Waals surface area contributed by atoms with E-state index in [1.54, 1.807) is 17.0 Å². The van der Waals surface area contributed by atoms with Crippen molar-refractivity contribution in [2.45, 2.75) is 44.4 Å². The minimum absolute atomic E-state index is 0.0682. The van der Waals surface area contributed by atoms with Crippen molar-refractivity contribution in [1.82, 2.24) is 9.21 Å². The molecule has 0 spiro atoms. The highest BCUT2D eigenvalue weighted by Crippen LogP contribution is 2.30. The first-order chi connectivity index (χ1) is 11.8. The Balaban J connectivity index is 2.32. The van der Waals surface area contributed by atoms with Crippen LogP contribution in [0.4, 0.5) is 0 Å². The average Bonchev–Trinajstić information content (AvgIpc) is 2.87. The monoisotopic (exact) mass is 368 g/mol. The minimum Gasteiger partial charge on any atom is -0.495 e. The molecule has 1 aromatic rings. The van der Waals surface area contributed by atoms with Gasteiger partial charge in [-0.2, -0.15) is 4.31 Å². The van der Waals surface area contributed by atoms with Crippen molar-refractivity contribution < 1.29 is 17.9 Å². The zero-order valence-corrected chi connectivity index (χ0v) is 16.3. The van der Waals surface area contributed by atoms with Gasteiger partial charge in [0.15, 0.2) is 0 Å². The van der Waals surface area contributed by atoms with Crippen LogP contribution in [0.2, 0.25) is 0 Å². The summed E-state index contributed by atoms with van der Waals surface area (Å²) in [5.74, 6) is 0.649. The smallest absolute Gasteiger partial charge is 0.246 e. The third-order valence-corrected chi connectivity index (χ3v) is 6.50. The zero-order chi connectivity index (χ0) is 18.6. The number of hydrogen-bond acceptors (Lipinski definition) is 4. The number of carbonyl (C=O) groups excluding carboxylic acids is 1. The fourth-order valence-electron chi connectivity index (χ4n) is 3.00. The van der Waals surface area contributed by atoms with E-state index in [9.17, 15) is 13.2 Å². The molecule has 0 aromatic heterocycles. The summed E-state index contributed by atoms with van der Waals surface area (Å²) in [7, 11) is -2.19. The molecule has 0 aliphatic carbocycles.